The standard InChI is InChI=1S/C22H19FN2O3S/c23-18-6-12-21(13-7-18)29(27,28)25-20-10-8-19(9-11-20)24-22(26)17-5-4-15-2-1-3-16(15)14-17/h4-14,25H,1-3H2,(H,24,26). The van der Waals surface area contributed by atoms with Crippen LogP contribution in [-0.4, -0.2) is 14.3 Å². The maximum atomic E-state index is 13.0. The Morgan fingerprint density at radius 3 is 2.21 bits per heavy atom. The first-order valence-electron chi connectivity index (χ1n) is 9.22. The van der Waals surface area contributed by atoms with Crippen LogP contribution in [0.4, 0.5) is 15.8 Å². The van der Waals surface area contributed by atoms with Gasteiger partial charge >= 0.3 is 0 Å². The number of anilines is 2. The monoisotopic (exact) mass is 410 g/mol. The first kappa shape index (κ1) is 19.1. The quantitative estimate of drug-likeness (QED) is 0.656. The summed E-state index contributed by atoms with van der Waals surface area (Å²) in [4.78, 5) is 12.5. The summed E-state index contributed by atoms with van der Waals surface area (Å²) in [6.45, 7) is 0. The summed E-state index contributed by atoms with van der Waals surface area (Å²) < 4.78 is 40.1. The second kappa shape index (κ2) is 7.67. The second-order valence-electron chi connectivity index (χ2n) is 6.93. The van der Waals surface area contributed by atoms with E-state index in [0.717, 1.165) is 31.4 Å². The minimum absolute atomic E-state index is 0.0344. The Morgan fingerprint density at radius 1 is 0.828 bits per heavy atom. The summed E-state index contributed by atoms with van der Waals surface area (Å²) >= 11 is 0. The molecule has 0 unspecified atom stereocenters. The van der Waals surface area contributed by atoms with Crippen LogP contribution in [0.5, 0.6) is 0 Å². The van der Waals surface area contributed by atoms with Gasteiger partial charge in [-0.05, 0) is 91.1 Å². The van der Waals surface area contributed by atoms with E-state index in [1.165, 1.54) is 23.3 Å². The minimum Gasteiger partial charge on any atom is -0.322 e. The summed E-state index contributed by atoms with van der Waals surface area (Å²) in [5.41, 5.74) is 4.03. The van der Waals surface area contributed by atoms with Crippen LogP contribution in [0.3, 0.4) is 0 Å². The van der Waals surface area contributed by atoms with Gasteiger partial charge in [-0.3, -0.25) is 9.52 Å². The number of rotatable bonds is 5. The smallest absolute Gasteiger partial charge is 0.261 e. The molecule has 5 nitrogen and oxygen atoms in total. The normalized spacial score (nSPS) is 13.0. The lowest BCUT2D eigenvalue weighted by molar-refractivity contribution is 0.102. The van der Waals surface area contributed by atoms with Crippen molar-refractivity contribution in [1.82, 2.24) is 0 Å². The average Bonchev–Trinajstić information content (AvgIpc) is 3.17. The Bertz CT molecular complexity index is 1160. The van der Waals surface area contributed by atoms with Gasteiger partial charge in [-0.2, -0.15) is 0 Å². The number of hydrogen-bond donors (Lipinski definition) is 2. The number of sulfonamides is 1. The summed E-state index contributed by atoms with van der Waals surface area (Å²) in [5, 5.41) is 2.82. The Labute approximate surface area is 168 Å². The topological polar surface area (TPSA) is 75.3 Å². The van der Waals surface area contributed by atoms with Crippen molar-refractivity contribution >= 4 is 27.3 Å². The zero-order chi connectivity index (χ0) is 20.4. The van der Waals surface area contributed by atoms with E-state index in [0.29, 0.717) is 16.9 Å². The van der Waals surface area contributed by atoms with Gasteiger partial charge in [0.05, 0.1) is 4.90 Å². The van der Waals surface area contributed by atoms with E-state index in [-0.39, 0.29) is 10.8 Å². The van der Waals surface area contributed by atoms with Crippen LogP contribution in [-0.2, 0) is 22.9 Å². The SMILES string of the molecule is O=C(Nc1ccc(NS(=O)(=O)c2ccc(F)cc2)cc1)c1ccc2c(c1)CCC2. The molecule has 29 heavy (non-hydrogen) atoms. The van der Waals surface area contributed by atoms with Crippen molar-refractivity contribution in [3.63, 3.8) is 0 Å². The maximum Gasteiger partial charge on any atom is 0.261 e. The fourth-order valence-corrected chi connectivity index (χ4v) is 4.42. The van der Waals surface area contributed by atoms with Gasteiger partial charge in [0.15, 0.2) is 0 Å². The molecule has 0 spiro atoms. The predicted molar refractivity (Wildman–Crippen MR) is 110 cm³/mol. The van der Waals surface area contributed by atoms with Gasteiger partial charge < -0.3 is 5.32 Å². The number of benzene rings is 3. The van der Waals surface area contributed by atoms with Crippen molar-refractivity contribution in [1.29, 1.82) is 0 Å². The molecule has 0 fully saturated rings. The number of halogens is 1. The third-order valence-electron chi connectivity index (χ3n) is 4.88. The number of carbonyl (C=O) groups excluding carboxylic acids is 1. The van der Waals surface area contributed by atoms with Crippen LogP contribution in [0.25, 0.3) is 0 Å². The molecule has 148 valence electrons. The van der Waals surface area contributed by atoms with E-state index < -0.39 is 15.8 Å². The van der Waals surface area contributed by atoms with Gasteiger partial charge in [0.2, 0.25) is 0 Å². The van der Waals surface area contributed by atoms with Gasteiger partial charge in [-0.25, -0.2) is 12.8 Å². The van der Waals surface area contributed by atoms with E-state index in [2.05, 4.69) is 10.0 Å². The van der Waals surface area contributed by atoms with Crippen molar-refractivity contribution in [2.45, 2.75) is 24.2 Å². The molecular weight excluding hydrogens is 391 g/mol. The molecule has 0 heterocycles. The van der Waals surface area contributed by atoms with Crippen molar-refractivity contribution in [3.8, 4) is 0 Å². The van der Waals surface area contributed by atoms with E-state index in [1.807, 2.05) is 18.2 Å². The van der Waals surface area contributed by atoms with Gasteiger partial charge in [0.1, 0.15) is 5.82 Å². The minimum atomic E-state index is -3.82. The van der Waals surface area contributed by atoms with E-state index in [9.17, 15) is 17.6 Å². The molecular formula is C22H19FN2O3S. The van der Waals surface area contributed by atoms with Crippen LogP contribution in [0.15, 0.2) is 71.6 Å². The fourth-order valence-electron chi connectivity index (χ4n) is 3.37. The molecule has 1 amide bonds. The van der Waals surface area contributed by atoms with E-state index in [4.69, 9.17) is 0 Å². The van der Waals surface area contributed by atoms with Crippen molar-refractivity contribution in [2.24, 2.45) is 0 Å². The van der Waals surface area contributed by atoms with Crippen molar-refractivity contribution in [3.05, 3.63) is 89.2 Å². The largest absolute Gasteiger partial charge is 0.322 e. The molecule has 4 rings (SSSR count). The zero-order valence-corrected chi connectivity index (χ0v) is 16.3. The molecule has 0 bridgehead atoms. The Hall–Kier alpha value is -3.19. The highest BCUT2D eigenvalue weighted by Crippen LogP contribution is 2.24. The third-order valence-corrected chi connectivity index (χ3v) is 6.28. The second-order valence-corrected chi connectivity index (χ2v) is 8.61. The van der Waals surface area contributed by atoms with Crippen molar-refractivity contribution in [2.75, 3.05) is 10.0 Å². The molecule has 0 radical (unpaired) electrons. The number of amides is 1. The molecule has 0 saturated carbocycles. The molecule has 0 atom stereocenters. The first-order chi connectivity index (χ1) is 13.9. The molecule has 1 aliphatic carbocycles. The highest BCUT2D eigenvalue weighted by molar-refractivity contribution is 7.92. The summed E-state index contributed by atoms with van der Waals surface area (Å²) in [7, 11) is -3.82. The van der Waals surface area contributed by atoms with Gasteiger partial charge in [-0.1, -0.05) is 6.07 Å². The zero-order valence-electron chi connectivity index (χ0n) is 15.5. The lowest BCUT2D eigenvalue weighted by Crippen LogP contribution is -2.14. The maximum absolute atomic E-state index is 13.0. The number of fused-ring (bicyclic) bond motifs is 1. The number of carbonyl (C=O) groups is 1. The Morgan fingerprint density at radius 2 is 1.48 bits per heavy atom. The highest BCUT2D eigenvalue weighted by atomic mass is 32.2. The molecule has 3 aromatic carbocycles. The van der Waals surface area contributed by atoms with Crippen LogP contribution in [0.2, 0.25) is 0 Å². The number of hydrogen-bond acceptors (Lipinski definition) is 3. The van der Waals surface area contributed by atoms with Gasteiger partial charge in [0, 0.05) is 16.9 Å². The highest BCUT2D eigenvalue weighted by Gasteiger charge is 2.15. The molecule has 1 aliphatic rings. The molecule has 0 saturated heterocycles. The summed E-state index contributed by atoms with van der Waals surface area (Å²) in [5.74, 6) is -0.716. The third kappa shape index (κ3) is 4.30. The van der Waals surface area contributed by atoms with Gasteiger partial charge in [-0.15, -0.1) is 0 Å². The van der Waals surface area contributed by atoms with Crippen LogP contribution >= 0.6 is 0 Å². The lowest BCUT2D eigenvalue weighted by Gasteiger charge is -2.10. The van der Waals surface area contributed by atoms with E-state index >= 15 is 0 Å². The molecule has 3 aromatic rings. The fraction of sp³-hybridized carbons (Fsp3) is 0.136. The summed E-state index contributed by atoms with van der Waals surface area (Å²) in [6.07, 6.45) is 3.18. The Kier molecular flexibility index (Phi) is 5.07. The number of aryl methyl sites for hydroxylation is 2. The molecule has 0 aliphatic heterocycles. The molecule has 7 heteroatoms. The lowest BCUT2D eigenvalue weighted by atomic mass is 10.1. The van der Waals surface area contributed by atoms with Crippen LogP contribution in [0, 0.1) is 5.82 Å². The van der Waals surface area contributed by atoms with E-state index in [1.54, 1.807) is 24.3 Å². The van der Waals surface area contributed by atoms with Crippen molar-refractivity contribution < 1.29 is 17.6 Å². The summed E-state index contributed by atoms with van der Waals surface area (Å²) in [6, 6.07) is 16.7. The van der Waals surface area contributed by atoms with Crippen LogP contribution in [0.1, 0.15) is 27.9 Å². The average molecular weight is 410 g/mol. The van der Waals surface area contributed by atoms with Gasteiger partial charge in [0.25, 0.3) is 15.9 Å². The number of nitrogens with one attached hydrogen (secondary N) is 2. The first-order valence-corrected chi connectivity index (χ1v) is 10.7. The molecule has 2 N–H and O–H groups in total. The van der Waals surface area contributed by atoms with Crippen LogP contribution < -0.4 is 10.0 Å². The Balaban J connectivity index is 1.44. The predicted octanol–water partition coefficient (Wildman–Crippen LogP) is 4.37. The molecule has 0 aromatic heterocycles.